The monoisotopic (exact) mass is 156 g/mol. The minimum atomic E-state index is -0.426. The zero-order chi connectivity index (χ0) is 8.27. The molecule has 1 rings (SSSR count). The molecular weight excluding hydrogens is 148 g/mol. The molecule has 0 aliphatic carbocycles. The highest BCUT2D eigenvalue weighted by molar-refractivity contribution is 5.20. The van der Waals surface area contributed by atoms with E-state index in [4.69, 9.17) is 0 Å². The van der Waals surface area contributed by atoms with Gasteiger partial charge in [-0.2, -0.15) is 7.05 Å². The second-order valence-corrected chi connectivity index (χ2v) is 2.21. The van der Waals surface area contributed by atoms with Crippen molar-refractivity contribution in [1.82, 2.24) is 0 Å². The van der Waals surface area contributed by atoms with Gasteiger partial charge in [0.25, 0.3) is 0 Å². The van der Waals surface area contributed by atoms with E-state index in [0.717, 1.165) is 18.2 Å². The minimum Gasteiger partial charge on any atom is -0.661 e. The van der Waals surface area contributed by atoms with Gasteiger partial charge in [-0.05, 0) is 23.8 Å². The zero-order valence-corrected chi connectivity index (χ0v) is 6.14. The SMILES string of the molecule is C[N-]Cc1cc(F)ccc1F. The van der Waals surface area contributed by atoms with E-state index in [1.165, 1.54) is 0 Å². The normalized spacial score (nSPS) is 10.1. The van der Waals surface area contributed by atoms with Crippen LogP contribution >= 0.6 is 0 Å². The molecule has 0 spiro atoms. The first-order valence-electron chi connectivity index (χ1n) is 3.23. The molecule has 1 aromatic carbocycles. The summed E-state index contributed by atoms with van der Waals surface area (Å²) in [6.07, 6.45) is 0. The van der Waals surface area contributed by atoms with Gasteiger partial charge in [0.2, 0.25) is 0 Å². The smallest absolute Gasteiger partial charge is 0.124 e. The molecule has 3 heteroatoms. The first-order chi connectivity index (χ1) is 5.24. The van der Waals surface area contributed by atoms with E-state index >= 15 is 0 Å². The lowest BCUT2D eigenvalue weighted by Crippen LogP contribution is -1.89. The molecule has 0 fully saturated rings. The Balaban J connectivity index is 2.93. The van der Waals surface area contributed by atoms with Gasteiger partial charge >= 0.3 is 0 Å². The Morgan fingerprint density at radius 3 is 2.73 bits per heavy atom. The summed E-state index contributed by atoms with van der Waals surface area (Å²) in [5.74, 6) is -0.831. The van der Waals surface area contributed by atoms with Crippen LogP contribution < -0.4 is 0 Å². The molecule has 1 aromatic rings. The summed E-state index contributed by atoms with van der Waals surface area (Å²) in [5, 5.41) is 3.70. The van der Waals surface area contributed by atoms with E-state index in [1.807, 2.05) is 0 Å². The molecule has 0 aromatic heterocycles. The average molecular weight is 156 g/mol. The van der Waals surface area contributed by atoms with Gasteiger partial charge in [-0.1, -0.05) is 0 Å². The number of halogens is 2. The van der Waals surface area contributed by atoms with Gasteiger partial charge in [0.1, 0.15) is 11.6 Å². The maximum atomic E-state index is 12.7. The van der Waals surface area contributed by atoms with Crippen LogP contribution in [0.2, 0.25) is 0 Å². The van der Waals surface area contributed by atoms with E-state index in [0.29, 0.717) is 5.56 Å². The van der Waals surface area contributed by atoms with Gasteiger partial charge < -0.3 is 5.32 Å². The van der Waals surface area contributed by atoms with Crippen LogP contribution in [0.15, 0.2) is 18.2 Å². The molecule has 1 nitrogen and oxygen atoms in total. The third-order valence-corrected chi connectivity index (χ3v) is 1.34. The fourth-order valence-corrected chi connectivity index (χ4v) is 0.835. The third kappa shape index (κ3) is 1.98. The predicted molar refractivity (Wildman–Crippen MR) is 39.3 cm³/mol. The second-order valence-electron chi connectivity index (χ2n) is 2.21. The molecule has 0 unspecified atom stereocenters. The Kier molecular flexibility index (Phi) is 2.54. The van der Waals surface area contributed by atoms with Gasteiger partial charge in [-0.3, -0.25) is 0 Å². The topological polar surface area (TPSA) is 14.1 Å². The van der Waals surface area contributed by atoms with E-state index in [2.05, 4.69) is 5.32 Å². The van der Waals surface area contributed by atoms with Crippen molar-refractivity contribution < 1.29 is 8.78 Å². The summed E-state index contributed by atoms with van der Waals surface area (Å²) in [6, 6.07) is 3.35. The van der Waals surface area contributed by atoms with E-state index < -0.39 is 11.6 Å². The van der Waals surface area contributed by atoms with Crippen LogP contribution in [0.1, 0.15) is 5.56 Å². The van der Waals surface area contributed by atoms with Crippen molar-refractivity contribution in [2.24, 2.45) is 0 Å². The van der Waals surface area contributed by atoms with Crippen molar-refractivity contribution in [2.75, 3.05) is 7.05 Å². The molecule has 0 N–H and O–H groups in total. The van der Waals surface area contributed by atoms with Gasteiger partial charge in [0.05, 0.1) is 0 Å². The summed E-state index contributed by atoms with van der Waals surface area (Å²) in [5.41, 5.74) is 0.299. The summed E-state index contributed by atoms with van der Waals surface area (Å²) in [7, 11) is 1.56. The Morgan fingerprint density at radius 1 is 1.36 bits per heavy atom. The first-order valence-corrected chi connectivity index (χ1v) is 3.23. The van der Waals surface area contributed by atoms with Crippen LogP contribution in [0, 0.1) is 11.6 Å². The lowest BCUT2D eigenvalue weighted by atomic mass is 10.2. The highest BCUT2D eigenvalue weighted by Gasteiger charge is 1.97. The van der Waals surface area contributed by atoms with E-state index in [1.54, 1.807) is 7.05 Å². The van der Waals surface area contributed by atoms with Crippen LogP contribution in [0.3, 0.4) is 0 Å². The minimum absolute atomic E-state index is 0.226. The maximum absolute atomic E-state index is 12.7. The lowest BCUT2D eigenvalue weighted by Gasteiger charge is -2.11. The van der Waals surface area contributed by atoms with Crippen molar-refractivity contribution in [3.05, 3.63) is 40.7 Å². The zero-order valence-electron chi connectivity index (χ0n) is 6.14. The van der Waals surface area contributed by atoms with Gasteiger partial charge in [0, 0.05) is 0 Å². The van der Waals surface area contributed by atoms with E-state index in [-0.39, 0.29) is 6.54 Å². The molecular formula is C8H8F2N-. The third-order valence-electron chi connectivity index (χ3n) is 1.34. The molecule has 11 heavy (non-hydrogen) atoms. The molecule has 0 aliphatic rings. The number of hydrogen-bond donors (Lipinski definition) is 0. The lowest BCUT2D eigenvalue weighted by molar-refractivity contribution is 0.588. The second kappa shape index (κ2) is 3.44. The van der Waals surface area contributed by atoms with Crippen molar-refractivity contribution >= 4 is 0 Å². The molecule has 0 heterocycles. The molecule has 0 saturated heterocycles. The van der Waals surface area contributed by atoms with Crippen molar-refractivity contribution in [2.45, 2.75) is 6.54 Å². The van der Waals surface area contributed by atoms with Gasteiger partial charge in [-0.25, -0.2) is 8.78 Å². The van der Waals surface area contributed by atoms with Crippen LogP contribution in [-0.2, 0) is 6.54 Å². The molecule has 60 valence electrons. The molecule has 0 saturated carbocycles. The summed E-state index contributed by atoms with van der Waals surface area (Å²) < 4.78 is 25.2. The Morgan fingerprint density at radius 2 is 2.09 bits per heavy atom. The Hall–Kier alpha value is -0.960. The largest absolute Gasteiger partial charge is 0.661 e. The van der Waals surface area contributed by atoms with Crippen LogP contribution in [0.5, 0.6) is 0 Å². The van der Waals surface area contributed by atoms with Gasteiger partial charge in [0.15, 0.2) is 0 Å². The average Bonchev–Trinajstić information content (AvgIpc) is 1.98. The van der Waals surface area contributed by atoms with Crippen molar-refractivity contribution in [3.8, 4) is 0 Å². The molecule has 0 bridgehead atoms. The standard InChI is InChI=1S/C8H8F2N/c1-11-5-6-4-7(9)2-3-8(6)10/h2-4H,5H2,1H3/q-1. The highest BCUT2D eigenvalue weighted by atomic mass is 19.1. The molecule has 0 aliphatic heterocycles. The summed E-state index contributed by atoms with van der Waals surface area (Å²) in [6.45, 7) is 0.226. The highest BCUT2D eigenvalue weighted by Crippen LogP contribution is 2.11. The van der Waals surface area contributed by atoms with E-state index in [9.17, 15) is 8.78 Å². The van der Waals surface area contributed by atoms with Crippen molar-refractivity contribution in [3.63, 3.8) is 0 Å². The van der Waals surface area contributed by atoms with Crippen LogP contribution in [-0.4, -0.2) is 7.05 Å². The molecule has 0 amide bonds. The van der Waals surface area contributed by atoms with Crippen molar-refractivity contribution in [1.29, 1.82) is 0 Å². The summed E-state index contributed by atoms with van der Waals surface area (Å²) in [4.78, 5) is 0. The fraction of sp³-hybridized carbons (Fsp3) is 0.250. The summed E-state index contributed by atoms with van der Waals surface area (Å²) >= 11 is 0. The number of rotatable bonds is 2. The Labute approximate surface area is 64.0 Å². The fourth-order valence-electron chi connectivity index (χ4n) is 0.835. The number of hydrogen-bond acceptors (Lipinski definition) is 0. The quantitative estimate of drug-likeness (QED) is 0.624. The Bertz CT molecular complexity index is 248. The molecule has 0 atom stereocenters. The number of nitrogens with zero attached hydrogens (tertiary/aromatic N) is 1. The molecule has 0 radical (unpaired) electrons. The maximum Gasteiger partial charge on any atom is 0.124 e. The number of benzene rings is 1. The first kappa shape index (κ1) is 8.14. The van der Waals surface area contributed by atoms with Crippen LogP contribution in [0.4, 0.5) is 8.78 Å². The van der Waals surface area contributed by atoms with Crippen LogP contribution in [0.25, 0.3) is 5.32 Å². The predicted octanol–water partition coefficient (Wildman–Crippen LogP) is 2.47. The van der Waals surface area contributed by atoms with Gasteiger partial charge in [-0.15, -0.1) is 6.54 Å².